The number of carbonyl (C=O) groups excluding carboxylic acids is 2. The summed E-state index contributed by atoms with van der Waals surface area (Å²) >= 11 is 0. The molecule has 2 amide bonds. The first-order valence-electron chi connectivity index (χ1n) is 6.08. The molecule has 0 aliphatic carbocycles. The monoisotopic (exact) mass is 247 g/mol. The molecule has 18 heavy (non-hydrogen) atoms. The van der Waals surface area contributed by atoms with Crippen LogP contribution in [0.3, 0.4) is 0 Å². The number of rotatable bonds is 3. The van der Waals surface area contributed by atoms with E-state index in [9.17, 15) is 9.59 Å². The van der Waals surface area contributed by atoms with Gasteiger partial charge in [-0.25, -0.2) is 0 Å². The summed E-state index contributed by atoms with van der Waals surface area (Å²) in [5, 5.41) is 6.18. The Morgan fingerprint density at radius 2 is 2.11 bits per heavy atom. The predicted molar refractivity (Wildman–Crippen MR) is 68.3 cm³/mol. The second-order valence-electron chi connectivity index (χ2n) is 4.46. The topological polar surface area (TPSA) is 84.2 Å². The van der Waals surface area contributed by atoms with Crippen molar-refractivity contribution < 1.29 is 9.59 Å². The zero-order valence-corrected chi connectivity index (χ0v) is 10.1. The number of amides is 2. The summed E-state index contributed by atoms with van der Waals surface area (Å²) in [4.78, 5) is 23.0. The molecule has 1 saturated heterocycles. The van der Waals surface area contributed by atoms with E-state index in [1.165, 1.54) is 6.07 Å². The molecule has 1 aromatic rings. The Hall–Kier alpha value is -1.88. The SMILES string of the molecule is NC(=O)c1cccc(C(=O)NC2CCCNC2)c1. The third kappa shape index (κ3) is 3.07. The van der Waals surface area contributed by atoms with Gasteiger partial charge in [0.2, 0.25) is 5.91 Å². The van der Waals surface area contributed by atoms with Gasteiger partial charge in [-0.2, -0.15) is 0 Å². The first kappa shape index (κ1) is 12.6. The second kappa shape index (κ2) is 5.64. The first-order chi connectivity index (χ1) is 8.66. The lowest BCUT2D eigenvalue weighted by Gasteiger charge is -2.23. The van der Waals surface area contributed by atoms with E-state index < -0.39 is 5.91 Å². The number of benzene rings is 1. The van der Waals surface area contributed by atoms with E-state index in [0.717, 1.165) is 25.9 Å². The number of carbonyl (C=O) groups is 2. The van der Waals surface area contributed by atoms with Crippen molar-refractivity contribution in [2.45, 2.75) is 18.9 Å². The molecule has 1 heterocycles. The van der Waals surface area contributed by atoms with Crippen molar-refractivity contribution in [2.24, 2.45) is 5.73 Å². The minimum absolute atomic E-state index is 0.156. The molecule has 1 atom stereocenters. The Morgan fingerprint density at radius 3 is 2.78 bits per heavy atom. The van der Waals surface area contributed by atoms with Crippen molar-refractivity contribution in [1.82, 2.24) is 10.6 Å². The molecule has 0 saturated carbocycles. The van der Waals surface area contributed by atoms with Crippen LogP contribution in [0.5, 0.6) is 0 Å². The molecule has 4 N–H and O–H groups in total. The van der Waals surface area contributed by atoms with E-state index >= 15 is 0 Å². The van der Waals surface area contributed by atoms with E-state index in [1.54, 1.807) is 18.2 Å². The van der Waals surface area contributed by atoms with E-state index in [-0.39, 0.29) is 11.9 Å². The summed E-state index contributed by atoms with van der Waals surface area (Å²) in [6.07, 6.45) is 2.04. The van der Waals surface area contributed by atoms with E-state index in [0.29, 0.717) is 11.1 Å². The standard InChI is InChI=1S/C13H17N3O2/c14-12(17)9-3-1-4-10(7-9)13(18)16-11-5-2-6-15-8-11/h1,3-4,7,11,15H,2,5-6,8H2,(H2,14,17)(H,16,18). The van der Waals surface area contributed by atoms with Crippen molar-refractivity contribution in [3.05, 3.63) is 35.4 Å². The molecule has 2 rings (SSSR count). The largest absolute Gasteiger partial charge is 0.366 e. The summed E-state index contributed by atoms with van der Waals surface area (Å²) in [6.45, 7) is 1.80. The molecule has 0 radical (unpaired) electrons. The Morgan fingerprint density at radius 1 is 1.33 bits per heavy atom. The molecule has 1 aromatic carbocycles. The molecule has 0 aromatic heterocycles. The van der Waals surface area contributed by atoms with E-state index in [2.05, 4.69) is 10.6 Å². The van der Waals surface area contributed by atoms with Gasteiger partial charge in [0.1, 0.15) is 0 Å². The van der Waals surface area contributed by atoms with E-state index in [4.69, 9.17) is 5.73 Å². The fraction of sp³-hybridized carbons (Fsp3) is 0.385. The van der Waals surface area contributed by atoms with Crippen molar-refractivity contribution in [1.29, 1.82) is 0 Å². The number of nitrogens with one attached hydrogen (secondary N) is 2. The number of piperidine rings is 1. The van der Waals surface area contributed by atoms with Crippen LogP contribution < -0.4 is 16.4 Å². The van der Waals surface area contributed by atoms with Crippen LogP contribution in [0.4, 0.5) is 0 Å². The highest BCUT2D eigenvalue weighted by molar-refractivity contribution is 5.99. The molecular formula is C13H17N3O2. The normalized spacial score (nSPS) is 19.2. The molecule has 1 aliphatic heterocycles. The van der Waals surface area contributed by atoms with Gasteiger partial charge in [-0.1, -0.05) is 6.07 Å². The van der Waals surface area contributed by atoms with Crippen LogP contribution in [0.2, 0.25) is 0 Å². The lowest BCUT2D eigenvalue weighted by atomic mass is 10.1. The Bertz CT molecular complexity index is 453. The smallest absolute Gasteiger partial charge is 0.251 e. The van der Waals surface area contributed by atoms with Gasteiger partial charge in [0.25, 0.3) is 5.91 Å². The zero-order chi connectivity index (χ0) is 13.0. The molecule has 1 fully saturated rings. The van der Waals surface area contributed by atoms with Crippen molar-refractivity contribution in [3.8, 4) is 0 Å². The molecule has 0 spiro atoms. The quantitative estimate of drug-likeness (QED) is 0.716. The lowest BCUT2D eigenvalue weighted by Crippen LogP contribution is -2.45. The van der Waals surface area contributed by atoms with Crippen LogP contribution in [0, 0.1) is 0 Å². The van der Waals surface area contributed by atoms with Gasteiger partial charge < -0.3 is 16.4 Å². The summed E-state index contributed by atoms with van der Waals surface area (Å²) < 4.78 is 0. The van der Waals surface area contributed by atoms with Gasteiger partial charge in [-0.05, 0) is 37.6 Å². The van der Waals surface area contributed by atoms with Crippen molar-refractivity contribution in [2.75, 3.05) is 13.1 Å². The van der Waals surface area contributed by atoms with Crippen molar-refractivity contribution >= 4 is 11.8 Å². The highest BCUT2D eigenvalue weighted by Crippen LogP contribution is 2.07. The predicted octanol–water partition coefficient (Wildman–Crippen LogP) is 0.267. The van der Waals surface area contributed by atoms with Crippen LogP contribution in [-0.2, 0) is 0 Å². The maximum Gasteiger partial charge on any atom is 0.251 e. The highest BCUT2D eigenvalue weighted by Gasteiger charge is 2.16. The van der Waals surface area contributed by atoms with Crippen LogP contribution >= 0.6 is 0 Å². The minimum Gasteiger partial charge on any atom is -0.366 e. The van der Waals surface area contributed by atoms with Crippen LogP contribution in [0.15, 0.2) is 24.3 Å². The number of nitrogens with two attached hydrogens (primary N) is 1. The summed E-state index contributed by atoms with van der Waals surface area (Å²) in [6, 6.07) is 6.62. The van der Waals surface area contributed by atoms with E-state index in [1.807, 2.05) is 0 Å². The fourth-order valence-electron chi connectivity index (χ4n) is 2.06. The summed E-state index contributed by atoms with van der Waals surface area (Å²) in [5.74, 6) is -0.684. The molecule has 5 nitrogen and oxygen atoms in total. The number of hydrogen-bond acceptors (Lipinski definition) is 3. The highest BCUT2D eigenvalue weighted by atomic mass is 16.2. The molecule has 1 aliphatic rings. The molecule has 0 bridgehead atoms. The van der Waals surface area contributed by atoms with Gasteiger partial charge in [0, 0.05) is 23.7 Å². The van der Waals surface area contributed by atoms with Crippen LogP contribution in [0.25, 0.3) is 0 Å². The van der Waals surface area contributed by atoms with Gasteiger partial charge in [-0.3, -0.25) is 9.59 Å². The molecule has 1 unspecified atom stereocenters. The molecule has 96 valence electrons. The van der Waals surface area contributed by atoms with Gasteiger partial charge in [0.05, 0.1) is 0 Å². The average Bonchev–Trinajstić information content (AvgIpc) is 2.40. The second-order valence-corrected chi connectivity index (χ2v) is 4.46. The Balaban J connectivity index is 2.03. The van der Waals surface area contributed by atoms with Crippen LogP contribution in [0.1, 0.15) is 33.6 Å². The minimum atomic E-state index is -0.524. The lowest BCUT2D eigenvalue weighted by molar-refractivity contribution is 0.0930. The zero-order valence-electron chi connectivity index (χ0n) is 10.1. The number of primary amides is 1. The van der Waals surface area contributed by atoms with Gasteiger partial charge >= 0.3 is 0 Å². The summed E-state index contributed by atoms with van der Waals surface area (Å²) in [5.41, 5.74) is 6.01. The average molecular weight is 247 g/mol. The maximum atomic E-state index is 12.0. The first-order valence-corrected chi connectivity index (χ1v) is 6.08. The van der Waals surface area contributed by atoms with Crippen molar-refractivity contribution in [3.63, 3.8) is 0 Å². The third-order valence-corrected chi connectivity index (χ3v) is 3.04. The molecular weight excluding hydrogens is 230 g/mol. The van der Waals surface area contributed by atoms with Gasteiger partial charge in [0.15, 0.2) is 0 Å². The number of hydrogen-bond donors (Lipinski definition) is 3. The van der Waals surface area contributed by atoms with Gasteiger partial charge in [-0.15, -0.1) is 0 Å². The fourth-order valence-corrected chi connectivity index (χ4v) is 2.06. The maximum absolute atomic E-state index is 12.0. The molecule has 5 heteroatoms. The third-order valence-electron chi connectivity index (χ3n) is 3.04. The Kier molecular flexibility index (Phi) is 3.94. The Labute approximate surface area is 106 Å². The summed E-state index contributed by atoms with van der Waals surface area (Å²) in [7, 11) is 0. The van der Waals surface area contributed by atoms with Crippen LogP contribution in [-0.4, -0.2) is 30.9 Å².